The molecule has 24 heavy (non-hydrogen) atoms. The minimum atomic E-state index is 0.0116. The number of carbonyl (C=O) groups is 1. The van der Waals surface area contributed by atoms with Crippen LogP contribution in [-0.2, 0) is 4.79 Å². The molecule has 3 nitrogen and oxygen atoms in total. The van der Waals surface area contributed by atoms with Crippen molar-refractivity contribution in [1.29, 1.82) is 0 Å². The van der Waals surface area contributed by atoms with Crippen molar-refractivity contribution < 1.29 is 4.79 Å². The van der Waals surface area contributed by atoms with Gasteiger partial charge in [-0.05, 0) is 0 Å². The Morgan fingerprint density at radius 3 is 2.54 bits per heavy atom. The Bertz CT molecular complexity index is 770. The molecule has 2 heterocycles. The van der Waals surface area contributed by atoms with E-state index in [-0.39, 0.29) is 5.91 Å². The average molecular weight is 421 g/mol. The molecule has 1 aromatic rings. The fourth-order valence-corrected chi connectivity index (χ4v) is 6.30. The van der Waals surface area contributed by atoms with E-state index in [2.05, 4.69) is 42.2 Å². The molecule has 0 unspecified atom stereocenters. The molecule has 0 bridgehead atoms. The summed E-state index contributed by atoms with van der Waals surface area (Å²) in [7, 11) is 0. The van der Waals surface area contributed by atoms with Crippen LogP contribution in [0.5, 0.6) is 0 Å². The zero-order chi connectivity index (χ0) is 17.1. The predicted molar refractivity (Wildman–Crippen MR) is 108 cm³/mol. The van der Waals surface area contributed by atoms with Gasteiger partial charge in [0.2, 0.25) is 0 Å². The van der Waals surface area contributed by atoms with E-state index < -0.39 is 0 Å². The summed E-state index contributed by atoms with van der Waals surface area (Å²) in [4.78, 5) is 16.8. The number of anilines is 1. The first-order valence-electron chi connectivity index (χ1n) is 7.82. The van der Waals surface area contributed by atoms with Crippen molar-refractivity contribution >= 4 is 59.3 Å². The minimum absolute atomic E-state index is 0.0116. The standard InChI is InChI=1S/C18H18N2OS2Se/c1-3-19-13-9-5-7-11-15(13)24-16(19)12-8-6-10-14-17(21)20(4-2)18(22)23-14/h5-12H,3-4H2,1-2H3/b8-6+,14-10+,16-12-. The van der Waals surface area contributed by atoms with Crippen LogP contribution in [0.3, 0.4) is 0 Å². The van der Waals surface area contributed by atoms with Gasteiger partial charge >= 0.3 is 159 Å². The summed E-state index contributed by atoms with van der Waals surface area (Å²) < 4.78 is 3.42. The molecule has 0 N–H and O–H groups in total. The van der Waals surface area contributed by atoms with Crippen LogP contribution < -0.4 is 9.36 Å². The summed E-state index contributed by atoms with van der Waals surface area (Å²) in [6.45, 7) is 5.70. The monoisotopic (exact) mass is 422 g/mol. The topological polar surface area (TPSA) is 23.6 Å². The predicted octanol–water partition coefficient (Wildman–Crippen LogP) is 3.02. The van der Waals surface area contributed by atoms with Crippen LogP contribution in [0, 0.1) is 0 Å². The van der Waals surface area contributed by atoms with E-state index in [0.29, 0.717) is 30.7 Å². The van der Waals surface area contributed by atoms with Gasteiger partial charge in [-0.2, -0.15) is 0 Å². The Morgan fingerprint density at radius 1 is 1.12 bits per heavy atom. The van der Waals surface area contributed by atoms with Crippen LogP contribution >= 0.6 is 24.0 Å². The zero-order valence-corrected chi connectivity index (χ0v) is 16.9. The molecule has 2 aliphatic heterocycles. The normalized spacial score (nSPS) is 20.9. The summed E-state index contributed by atoms with van der Waals surface area (Å²) in [6.07, 6.45) is 7.96. The van der Waals surface area contributed by atoms with Crippen LogP contribution in [0.15, 0.2) is 58.1 Å². The van der Waals surface area contributed by atoms with Crippen molar-refractivity contribution in [3.05, 3.63) is 58.1 Å². The van der Waals surface area contributed by atoms with E-state index in [1.165, 1.54) is 26.5 Å². The molecule has 0 radical (unpaired) electrons. The molecule has 1 fully saturated rings. The van der Waals surface area contributed by atoms with E-state index in [9.17, 15) is 4.79 Å². The molecular formula is C18H18N2OS2Se. The summed E-state index contributed by atoms with van der Waals surface area (Å²) in [5.74, 6) is 0.0116. The molecule has 124 valence electrons. The number of allylic oxidation sites excluding steroid dienone is 4. The number of nitrogens with zero attached hydrogens (tertiary/aromatic N) is 2. The van der Waals surface area contributed by atoms with Crippen molar-refractivity contribution in [3.63, 3.8) is 0 Å². The first kappa shape index (κ1) is 17.5. The van der Waals surface area contributed by atoms with E-state index in [4.69, 9.17) is 12.2 Å². The maximum absolute atomic E-state index is 12.1. The summed E-state index contributed by atoms with van der Waals surface area (Å²) in [5.41, 5.74) is 1.32. The third kappa shape index (κ3) is 3.38. The van der Waals surface area contributed by atoms with Gasteiger partial charge in [0.05, 0.1) is 0 Å². The number of para-hydroxylation sites is 1. The SMILES string of the molecule is CCN1C(=O)\C(=C/C=C/C=C2\[Se]c3ccccc3N2CC)SC1=S. The van der Waals surface area contributed by atoms with Crippen LogP contribution in [0.4, 0.5) is 5.69 Å². The zero-order valence-electron chi connectivity index (χ0n) is 13.6. The van der Waals surface area contributed by atoms with Crippen molar-refractivity contribution in [1.82, 2.24) is 4.90 Å². The number of thiocarbonyl (C=S) groups is 1. The molecule has 1 amide bonds. The molecule has 1 aromatic carbocycles. The van der Waals surface area contributed by atoms with Gasteiger partial charge in [-0.25, -0.2) is 0 Å². The Morgan fingerprint density at radius 2 is 1.83 bits per heavy atom. The Labute approximate surface area is 158 Å². The number of hydrogen-bond acceptors (Lipinski definition) is 4. The fourth-order valence-electron chi connectivity index (χ4n) is 2.57. The number of thioether (sulfide) groups is 1. The first-order chi connectivity index (χ1) is 11.7. The van der Waals surface area contributed by atoms with E-state index >= 15 is 0 Å². The quantitative estimate of drug-likeness (QED) is 0.424. The molecule has 2 aliphatic rings. The van der Waals surface area contributed by atoms with Gasteiger partial charge < -0.3 is 0 Å². The van der Waals surface area contributed by atoms with E-state index in [1.807, 2.05) is 25.2 Å². The van der Waals surface area contributed by atoms with Gasteiger partial charge in [-0.3, -0.25) is 0 Å². The molecule has 3 rings (SSSR count). The van der Waals surface area contributed by atoms with Crippen molar-refractivity contribution in [2.24, 2.45) is 0 Å². The van der Waals surface area contributed by atoms with Crippen LogP contribution in [-0.4, -0.2) is 43.2 Å². The summed E-state index contributed by atoms with van der Waals surface area (Å²) in [6, 6.07) is 8.58. The third-order valence-corrected chi connectivity index (χ3v) is 7.51. The number of benzene rings is 1. The van der Waals surface area contributed by atoms with Gasteiger partial charge in [-0.15, -0.1) is 0 Å². The second kappa shape index (κ2) is 7.70. The molecule has 0 saturated carbocycles. The van der Waals surface area contributed by atoms with Crippen LogP contribution in [0.2, 0.25) is 0 Å². The molecule has 0 atom stereocenters. The van der Waals surface area contributed by atoms with Gasteiger partial charge in [0.25, 0.3) is 0 Å². The number of amides is 1. The fraction of sp³-hybridized carbons (Fsp3) is 0.222. The second-order valence-corrected chi connectivity index (χ2v) is 9.06. The number of hydrogen-bond donors (Lipinski definition) is 0. The van der Waals surface area contributed by atoms with Crippen molar-refractivity contribution in [2.75, 3.05) is 18.0 Å². The van der Waals surface area contributed by atoms with Gasteiger partial charge in [0.15, 0.2) is 0 Å². The molecule has 0 aliphatic carbocycles. The summed E-state index contributed by atoms with van der Waals surface area (Å²) in [5, 5.41) is 0. The maximum atomic E-state index is 12.1. The third-order valence-electron chi connectivity index (χ3n) is 3.74. The van der Waals surface area contributed by atoms with Crippen molar-refractivity contribution in [2.45, 2.75) is 13.8 Å². The number of likely N-dealkylation sites (N-methyl/N-ethyl adjacent to an activating group) is 1. The van der Waals surface area contributed by atoms with E-state index in [0.717, 1.165) is 6.54 Å². The molecule has 0 aromatic heterocycles. The Hall–Kier alpha value is -1.33. The number of rotatable bonds is 4. The summed E-state index contributed by atoms with van der Waals surface area (Å²) >= 11 is 6.93. The van der Waals surface area contributed by atoms with Gasteiger partial charge in [-0.1, -0.05) is 0 Å². The van der Waals surface area contributed by atoms with Crippen LogP contribution in [0.1, 0.15) is 13.8 Å². The second-order valence-electron chi connectivity index (χ2n) is 5.15. The first-order valence-corrected chi connectivity index (χ1v) is 10.8. The van der Waals surface area contributed by atoms with Crippen molar-refractivity contribution in [3.8, 4) is 0 Å². The molecule has 6 heteroatoms. The molecule has 0 spiro atoms. The molecular weight excluding hydrogens is 403 g/mol. The Kier molecular flexibility index (Phi) is 5.61. The number of carbonyl (C=O) groups excluding carboxylic acids is 1. The Balaban J connectivity index is 1.73. The van der Waals surface area contributed by atoms with Crippen LogP contribution in [0.25, 0.3) is 0 Å². The number of fused-ring (bicyclic) bond motifs is 1. The van der Waals surface area contributed by atoms with Gasteiger partial charge in [0.1, 0.15) is 0 Å². The molecule has 1 saturated heterocycles. The van der Waals surface area contributed by atoms with E-state index in [1.54, 1.807) is 4.90 Å². The average Bonchev–Trinajstić information content (AvgIpc) is 3.08. The van der Waals surface area contributed by atoms with Gasteiger partial charge in [0, 0.05) is 0 Å².